The molecule has 1 heterocycles. The number of nitriles is 1. The van der Waals surface area contributed by atoms with Crippen molar-refractivity contribution in [2.75, 3.05) is 0 Å². The molecule has 1 saturated heterocycles. The molecule has 3 fully saturated rings. The summed E-state index contributed by atoms with van der Waals surface area (Å²) in [5, 5.41) is 9.96. The van der Waals surface area contributed by atoms with Gasteiger partial charge in [0.05, 0.1) is 12.2 Å². The fourth-order valence-corrected chi connectivity index (χ4v) is 9.31. The molecule has 6 atom stereocenters. The molecule has 29 heavy (non-hydrogen) atoms. The summed E-state index contributed by atoms with van der Waals surface area (Å²) in [7, 11) is -3.26. The summed E-state index contributed by atoms with van der Waals surface area (Å²) in [4.78, 5) is 0. The highest BCUT2D eigenvalue weighted by atomic mass is 31.2. The molecule has 156 valence electrons. The van der Waals surface area contributed by atoms with Crippen molar-refractivity contribution in [3.05, 3.63) is 42.0 Å². The van der Waals surface area contributed by atoms with E-state index in [0.29, 0.717) is 12.3 Å². The predicted molar refractivity (Wildman–Crippen MR) is 117 cm³/mol. The lowest BCUT2D eigenvalue weighted by atomic mass is 9.70. The maximum atomic E-state index is 14.3. The standard InChI is InChI=1S/C24H33N2O2P/c1-17(2)26-21-20-14-15-24(5,23(20,3)4)22(21)28-29(26,27)19(16-25)13-9-12-18-10-7-6-8-11-18/h6-12,17,19-22H,13-15H2,1-5H3/b12-9+/t19-,20+,21+,22+,24-,29?/m0/s1. The Morgan fingerprint density at radius 3 is 2.62 bits per heavy atom. The lowest BCUT2D eigenvalue weighted by Gasteiger charge is -2.39. The van der Waals surface area contributed by atoms with Gasteiger partial charge in [0, 0.05) is 17.5 Å². The van der Waals surface area contributed by atoms with E-state index < -0.39 is 13.2 Å². The van der Waals surface area contributed by atoms with Crippen molar-refractivity contribution in [1.29, 1.82) is 5.26 Å². The van der Waals surface area contributed by atoms with E-state index in [9.17, 15) is 9.83 Å². The average molecular weight is 413 g/mol. The van der Waals surface area contributed by atoms with Gasteiger partial charge in [-0.2, -0.15) is 5.26 Å². The van der Waals surface area contributed by atoms with Crippen LogP contribution in [0.1, 0.15) is 59.4 Å². The quantitative estimate of drug-likeness (QED) is 0.548. The van der Waals surface area contributed by atoms with E-state index in [4.69, 9.17) is 4.52 Å². The number of nitrogens with zero attached hydrogens (tertiary/aromatic N) is 2. The topological polar surface area (TPSA) is 53.3 Å². The van der Waals surface area contributed by atoms with Gasteiger partial charge in [0.1, 0.15) is 5.66 Å². The molecule has 1 aromatic rings. The number of allylic oxidation sites excluding steroid dienone is 1. The first-order valence-corrected chi connectivity index (χ1v) is 12.5. The third-order valence-corrected chi connectivity index (χ3v) is 11.2. The van der Waals surface area contributed by atoms with Gasteiger partial charge in [0.25, 0.3) is 7.52 Å². The van der Waals surface area contributed by atoms with Gasteiger partial charge >= 0.3 is 0 Å². The molecule has 0 amide bonds. The van der Waals surface area contributed by atoms with Crippen molar-refractivity contribution in [1.82, 2.24) is 4.67 Å². The molecular formula is C24H33N2O2P. The van der Waals surface area contributed by atoms with Gasteiger partial charge in [0.2, 0.25) is 0 Å². The molecule has 0 radical (unpaired) electrons. The first kappa shape index (κ1) is 20.9. The van der Waals surface area contributed by atoms with Crippen LogP contribution in [0.25, 0.3) is 6.08 Å². The minimum absolute atomic E-state index is 0.0154. The molecule has 1 aliphatic heterocycles. The lowest BCUT2D eigenvalue weighted by molar-refractivity contribution is 0.0356. The Bertz CT molecular complexity index is 888. The van der Waals surface area contributed by atoms with Gasteiger partial charge in [-0.05, 0) is 50.0 Å². The Balaban J connectivity index is 1.63. The summed E-state index contributed by atoms with van der Waals surface area (Å²) in [6.07, 6.45) is 6.64. The van der Waals surface area contributed by atoms with E-state index >= 15 is 0 Å². The first-order chi connectivity index (χ1) is 13.7. The van der Waals surface area contributed by atoms with Gasteiger partial charge in [-0.1, -0.05) is 63.3 Å². The second-order valence-corrected chi connectivity index (χ2v) is 12.5. The van der Waals surface area contributed by atoms with E-state index in [0.717, 1.165) is 18.4 Å². The molecule has 1 unspecified atom stereocenters. The fourth-order valence-electron chi connectivity index (χ4n) is 6.22. The SMILES string of the molecule is CC(C)N1[C@@H]2[C@H]3CC[C@@](C)([C@@H]2OP1(=O)[C@H](C#N)C/C=C/c1ccccc1)C3(C)C. The molecule has 0 N–H and O–H groups in total. The van der Waals surface area contributed by atoms with Crippen LogP contribution in [-0.2, 0) is 9.09 Å². The molecule has 4 rings (SSSR count). The Kier molecular flexibility index (Phi) is 5.10. The molecule has 2 saturated carbocycles. The second kappa shape index (κ2) is 7.09. The van der Waals surface area contributed by atoms with E-state index in [2.05, 4.69) is 45.4 Å². The summed E-state index contributed by atoms with van der Waals surface area (Å²) >= 11 is 0. The molecule has 3 aliphatic rings. The highest BCUT2D eigenvalue weighted by Crippen LogP contribution is 2.77. The summed E-state index contributed by atoms with van der Waals surface area (Å²) in [5.74, 6) is 0.468. The van der Waals surface area contributed by atoms with Crippen LogP contribution >= 0.6 is 7.52 Å². The zero-order valence-corrected chi connectivity index (χ0v) is 19.1. The Morgan fingerprint density at radius 1 is 1.31 bits per heavy atom. The fraction of sp³-hybridized carbons (Fsp3) is 0.625. The highest BCUT2D eigenvalue weighted by Gasteiger charge is 2.74. The molecule has 2 bridgehead atoms. The molecule has 4 nitrogen and oxygen atoms in total. The smallest absolute Gasteiger partial charge is 0.290 e. The van der Waals surface area contributed by atoms with Gasteiger partial charge in [0.15, 0.2) is 0 Å². The van der Waals surface area contributed by atoms with Crippen LogP contribution in [0.15, 0.2) is 36.4 Å². The zero-order valence-electron chi connectivity index (χ0n) is 18.2. The van der Waals surface area contributed by atoms with Gasteiger partial charge in [-0.25, -0.2) is 4.67 Å². The molecule has 1 aromatic carbocycles. The number of benzene rings is 1. The zero-order chi connectivity index (χ0) is 21.0. The molecule has 5 heteroatoms. The Morgan fingerprint density at radius 2 is 2.00 bits per heavy atom. The summed E-state index contributed by atoms with van der Waals surface area (Å²) in [5.41, 5.74) is 0.624. The third-order valence-electron chi connectivity index (χ3n) is 8.16. The molecule has 0 aromatic heterocycles. The van der Waals surface area contributed by atoms with Crippen LogP contribution in [-0.4, -0.2) is 28.5 Å². The van der Waals surface area contributed by atoms with Crippen molar-refractivity contribution < 1.29 is 9.09 Å². The number of fused-ring (bicyclic) bond motifs is 5. The summed E-state index contributed by atoms with van der Waals surface area (Å²) < 4.78 is 22.9. The van der Waals surface area contributed by atoms with Crippen LogP contribution in [0.4, 0.5) is 0 Å². The second-order valence-electron chi connectivity index (χ2n) is 10.0. The minimum atomic E-state index is -3.26. The average Bonchev–Trinajstić information content (AvgIpc) is 3.17. The van der Waals surface area contributed by atoms with Crippen molar-refractivity contribution in [2.45, 2.75) is 77.7 Å². The molecule has 0 spiro atoms. The summed E-state index contributed by atoms with van der Waals surface area (Å²) in [6.45, 7) is 11.2. The van der Waals surface area contributed by atoms with E-state index in [-0.39, 0.29) is 29.0 Å². The van der Waals surface area contributed by atoms with Crippen molar-refractivity contribution in [2.24, 2.45) is 16.7 Å². The maximum Gasteiger partial charge on any atom is 0.290 e. The number of rotatable bonds is 5. The Hall–Kier alpha value is -1.40. The number of hydrogen-bond donors (Lipinski definition) is 0. The van der Waals surface area contributed by atoms with Crippen LogP contribution in [0.5, 0.6) is 0 Å². The number of hydrogen-bond acceptors (Lipinski definition) is 3. The van der Waals surface area contributed by atoms with Crippen LogP contribution in [0.3, 0.4) is 0 Å². The Labute approximate surface area is 175 Å². The normalized spacial score (nSPS) is 39.1. The maximum absolute atomic E-state index is 14.3. The molecule has 2 aliphatic carbocycles. The minimum Gasteiger partial charge on any atom is -0.311 e. The van der Waals surface area contributed by atoms with Crippen molar-refractivity contribution in [3.63, 3.8) is 0 Å². The van der Waals surface area contributed by atoms with Crippen LogP contribution in [0.2, 0.25) is 0 Å². The highest BCUT2D eigenvalue weighted by molar-refractivity contribution is 7.58. The third kappa shape index (κ3) is 2.89. The molecular weight excluding hydrogens is 379 g/mol. The van der Waals surface area contributed by atoms with E-state index in [1.54, 1.807) is 0 Å². The van der Waals surface area contributed by atoms with Gasteiger partial charge < -0.3 is 4.52 Å². The van der Waals surface area contributed by atoms with E-state index in [1.165, 1.54) is 0 Å². The van der Waals surface area contributed by atoms with Gasteiger partial charge in [-0.15, -0.1) is 0 Å². The van der Waals surface area contributed by atoms with Crippen LogP contribution in [0, 0.1) is 28.1 Å². The summed E-state index contributed by atoms with van der Waals surface area (Å²) in [6, 6.07) is 12.6. The van der Waals surface area contributed by atoms with E-state index in [1.807, 2.05) is 42.5 Å². The van der Waals surface area contributed by atoms with Crippen molar-refractivity contribution in [3.8, 4) is 6.07 Å². The van der Waals surface area contributed by atoms with Crippen molar-refractivity contribution >= 4 is 13.6 Å². The lowest BCUT2D eigenvalue weighted by Crippen LogP contribution is -2.44. The van der Waals surface area contributed by atoms with Gasteiger partial charge in [-0.3, -0.25) is 4.57 Å². The predicted octanol–water partition coefficient (Wildman–Crippen LogP) is 6.11. The van der Waals surface area contributed by atoms with Crippen LogP contribution < -0.4 is 0 Å². The first-order valence-electron chi connectivity index (χ1n) is 10.8. The monoisotopic (exact) mass is 412 g/mol. The largest absolute Gasteiger partial charge is 0.311 e.